The van der Waals surface area contributed by atoms with Gasteiger partial charge in [0, 0.05) is 6.04 Å². The van der Waals surface area contributed by atoms with E-state index in [1.54, 1.807) is 0 Å². The van der Waals surface area contributed by atoms with E-state index in [2.05, 4.69) is 39.9 Å². The van der Waals surface area contributed by atoms with Crippen LogP contribution in [0.4, 0.5) is 0 Å². The third-order valence-corrected chi connectivity index (χ3v) is 4.31. The predicted octanol–water partition coefficient (Wildman–Crippen LogP) is 4.62. The highest BCUT2D eigenvalue weighted by atomic mass is 14.9. The summed E-state index contributed by atoms with van der Waals surface area (Å²) >= 11 is 0. The molecule has 0 radical (unpaired) electrons. The molecule has 0 aromatic rings. The van der Waals surface area contributed by atoms with Crippen molar-refractivity contribution >= 4 is 0 Å². The Bertz CT molecular complexity index is 208. The smallest absolute Gasteiger partial charge is 0.00930 e. The maximum atomic E-state index is 3.78. The molecule has 1 nitrogen and oxygen atoms in total. The van der Waals surface area contributed by atoms with Crippen LogP contribution in [0.15, 0.2) is 0 Å². The summed E-state index contributed by atoms with van der Waals surface area (Å²) in [7, 11) is 0. The van der Waals surface area contributed by atoms with Crippen molar-refractivity contribution in [3.63, 3.8) is 0 Å². The van der Waals surface area contributed by atoms with E-state index >= 15 is 0 Å². The van der Waals surface area contributed by atoms with E-state index < -0.39 is 0 Å². The Labute approximate surface area is 109 Å². The zero-order chi connectivity index (χ0) is 12.9. The number of unbranched alkanes of at least 4 members (excludes halogenated alkanes) is 1. The molecule has 0 saturated heterocycles. The Balaban J connectivity index is 2.12. The molecule has 2 unspecified atom stereocenters. The maximum Gasteiger partial charge on any atom is 0.00930 e. The van der Waals surface area contributed by atoms with Crippen LogP contribution in [0.25, 0.3) is 0 Å². The Kier molecular flexibility index (Phi) is 5.99. The third-order valence-electron chi connectivity index (χ3n) is 4.31. The van der Waals surface area contributed by atoms with Crippen LogP contribution >= 0.6 is 0 Å². The van der Waals surface area contributed by atoms with Crippen molar-refractivity contribution in [1.82, 2.24) is 5.32 Å². The Morgan fingerprint density at radius 1 is 1.24 bits per heavy atom. The second kappa shape index (κ2) is 6.78. The van der Waals surface area contributed by atoms with E-state index in [0.717, 1.165) is 17.9 Å². The lowest BCUT2D eigenvalue weighted by Gasteiger charge is -2.39. The molecule has 1 fully saturated rings. The third kappa shape index (κ3) is 5.90. The van der Waals surface area contributed by atoms with Gasteiger partial charge in [0.05, 0.1) is 0 Å². The molecular weight excluding hydrogens is 206 g/mol. The molecule has 102 valence electrons. The summed E-state index contributed by atoms with van der Waals surface area (Å²) in [5.74, 6) is 1.72. The largest absolute Gasteiger partial charge is 0.314 e. The molecule has 1 saturated carbocycles. The zero-order valence-electron chi connectivity index (χ0n) is 12.7. The quantitative estimate of drug-likeness (QED) is 0.667. The first kappa shape index (κ1) is 15.0. The first-order valence-electron chi connectivity index (χ1n) is 7.64. The fourth-order valence-corrected chi connectivity index (χ4v) is 3.21. The van der Waals surface area contributed by atoms with Gasteiger partial charge in [-0.1, -0.05) is 47.5 Å². The van der Waals surface area contributed by atoms with Gasteiger partial charge in [-0.05, 0) is 49.5 Å². The van der Waals surface area contributed by atoms with Gasteiger partial charge < -0.3 is 5.32 Å². The van der Waals surface area contributed by atoms with Crippen LogP contribution in [0.3, 0.4) is 0 Å². The molecule has 1 heteroatoms. The molecule has 0 aromatic heterocycles. The average molecular weight is 239 g/mol. The molecule has 1 N–H and O–H groups in total. The summed E-state index contributed by atoms with van der Waals surface area (Å²) in [6.45, 7) is 13.1. The lowest BCUT2D eigenvalue weighted by molar-refractivity contribution is 0.149. The molecular formula is C16H33N. The Morgan fingerprint density at radius 2 is 1.94 bits per heavy atom. The van der Waals surface area contributed by atoms with E-state index in [-0.39, 0.29) is 0 Å². The monoisotopic (exact) mass is 239 g/mol. The molecule has 0 bridgehead atoms. The second-order valence-corrected chi connectivity index (χ2v) is 7.33. The van der Waals surface area contributed by atoms with Gasteiger partial charge in [0.15, 0.2) is 0 Å². The Hall–Kier alpha value is -0.0400. The van der Waals surface area contributed by atoms with Crippen LogP contribution in [0.1, 0.15) is 73.1 Å². The predicted molar refractivity (Wildman–Crippen MR) is 77.3 cm³/mol. The average Bonchev–Trinajstić information content (AvgIpc) is 2.19. The second-order valence-electron chi connectivity index (χ2n) is 7.33. The van der Waals surface area contributed by atoms with Crippen LogP contribution in [-0.2, 0) is 0 Å². The molecule has 0 heterocycles. The summed E-state index contributed by atoms with van der Waals surface area (Å²) in [4.78, 5) is 0. The molecule has 0 amide bonds. The minimum atomic E-state index is 0.579. The highest BCUT2D eigenvalue weighted by Gasteiger charge is 2.31. The molecule has 0 aliphatic heterocycles. The lowest BCUT2D eigenvalue weighted by Crippen LogP contribution is -2.42. The van der Waals surface area contributed by atoms with Crippen LogP contribution < -0.4 is 5.32 Å². The molecule has 2 atom stereocenters. The summed E-state index contributed by atoms with van der Waals surface area (Å²) in [6, 6.07) is 0.780. The highest BCUT2D eigenvalue weighted by molar-refractivity contribution is 4.86. The molecule has 1 aliphatic carbocycles. The number of rotatable bonds is 6. The first-order valence-corrected chi connectivity index (χ1v) is 7.64. The van der Waals surface area contributed by atoms with Crippen molar-refractivity contribution in [1.29, 1.82) is 0 Å². The van der Waals surface area contributed by atoms with Crippen LogP contribution in [0.2, 0.25) is 0 Å². The van der Waals surface area contributed by atoms with Gasteiger partial charge in [-0.25, -0.2) is 0 Å². The fraction of sp³-hybridized carbons (Fsp3) is 1.00. The first-order chi connectivity index (χ1) is 7.91. The fourth-order valence-electron chi connectivity index (χ4n) is 3.21. The van der Waals surface area contributed by atoms with Gasteiger partial charge in [0.1, 0.15) is 0 Å². The molecule has 1 rings (SSSR count). The van der Waals surface area contributed by atoms with Crippen molar-refractivity contribution in [2.45, 2.75) is 79.2 Å². The van der Waals surface area contributed by atoms with Crippen molar-refractivity contribution in [3.8, 4) is 0 Å². The minimum absolute atomic E-state index is 0.579. The van der Waals surface area contributed by atoms with Crippen molar-refractivity contribution < 1.29 is 0 Å². The van der Waals surface area contributed by atoms with Gasteiger partial charge in [-0.3, -0.25) is 0 Å². The van der Waals surface area contributed by atoms with Gasteiger partial charge >= 0.3 is 0 Å². The molecule has 1 aliphatic rings. The van der Waals surface area contributed by atoms with Gasteiger partial charge in [-0.15, -0.1) is 0 Å². The summed E-state index contributed by atoms with van der Waals surface area (Å²) in [5, 5.41) is 3.78. The number of hydrogen-bond acceptors (Lipinski definition) is 1. The molecule has 0 aromatic carbocycles. The van der Waals surface area contributed by atoms with Crippen LogP contribution in [-0.4, -0.2) is 12.6 Å². The summed E-state index contributed by atoms with van der Waals surface area (Å²) in [5.41, 5.74) is 0.579. The summed E-state index contributed by atoms with van der Waals surface area (Å²) in [6.07, 6.45) is 8.27. The van der Waals surface area contributed by atoms with Gasteiger partial charge in [-0.2, -0.15) is 0 Å². The number of hydrogen-bond donors (Lipinski definition) is 1. The van der Waals surface area contributed by atoms with E-state index in [0.29, 0.717) is 5.41 Å². The van der Waals surface area contributed by atoms with Crippen molar-refractivity contribution in [3.05, 3.63) is 0 Å². The van der Waals surface area contributed by atoms with E-state index in [4.69, 9.17) is 0 Å². The van der Waals surface area contributed by atoms with E-state index in [9.17, 15) is 0 Å². The normalized spacial score (nSPS) is 28.6. The molecule has 17 heavy (non-hydrogen) atoms. The van der Waals surface area contributed by atoms with Crippen molar-refractivity contribution in [2.75, 3.05) is 6.54 Å². The van der Waals surface area contributed by atoms with E-state index in [1.165, 1.54) is 45.1 Å². The Morgan fingerprint density at radius 3 is 2.53 bits per heavy atom. The molecule has 0 spiro atoms. The van der Waals surface area contributed by atoms with Crippen molar-refractivity contribution in [2.24, 2.45) is 17.3 Å². The van der Waals surface area contributed by atoms with Crippen LogP contribution in [0.5, 0.6) is 0 Å². The summed E-state index contributed by atoms with van der Waals surface area (Å²) < 4.78 is 0. The topological polar surface area (TPSA) is 12.0 Å². The zero-order valence-corrected chi connectivity index (χ0v) is 12.7. The number of nitrogens with one attached hydrogen (secondary N) is 1. The van der Waals surface area contributed by atoms with E-state index in [1.807, 2.05) is 0 Å². The van der Waals surface area contributed by atoms with Gasteiger partial charge in [0.25, 0.3) is 0 Å². The maximum absolute atomic E-state index is 3.78. The van der Waals surface area contributed by atoms with Crippen LogP contribution in [0, 0.1) is 17.3 Å². The standard InChI is InChI=1S/C16H33N/c1-13(2)8-6-7-11-17-15-9-10-16(4,5)12-14(15)3/h13-15,17H,6-12H2,1-5H3. The highest BCUT2D eigenvalue weighted by Crippen LogP contribution is 2.38. The van der Waals surface area contributed by atoms with Gasteiger partial charge in [0.2, 0.25) is 0 Å². The lowest BCUT2D eigenvalue weighted by atomic mass is 9.70. The minimum Gasteiger partial charge on any atom is -0.314 e. The SMILES string of the molecule is CC(C)CCCCNC1CCC(C)(C)CC1C.